The zero-order valence-electron chi connectivity index (χ0n) is 7.90. The number of nitrogens with zero attached hydrogens (tertiary/aromatic N) is 2. The fraction of sp³-hybridized carbons (Fsp3) is 0.200. The highest BCUT2D eigenvalue weighted by Crippen LogP contribution is 2.12. The molecule has 14 heavy (non-hydrogen) atoms. The van der Waals surface area contributed by atoms with Gasteiger partial charge in [0.25, 0.3) is 5.95 Å². The molecule has 0 saturated heterocycles. The van der Waals surface area contributed by atoms with E-state index in [0.717, 1.165) is 0 Å². The number of hydrogen-bond donors (Lipinski definition) is 1. The molecule has 4 nitrogen and oxygen atoms in total. The van der Waals surface area contributed by atoms with Crippen molar-refractivity contribution in [3.8, 4) is 0 Å². The van der Waals surface area contributed by atoms with Crippen molar-refractivity contribution in [1.29, 1.82) is 0 Å². The zero-order chi connectivity index (χ0) is 9.97. The standard InChI is InChI=1S/C10H11N3O/c1-7-4-2-3-5-8(7)6-9-12-10(11)13-14-9/h2-5H,6H2,1H3,(H2,11,13). The van der Waals surface area contributed by atoms with E-state index in [-0.39, 0.29) is 5.95 Å². The molecule has 1 aromatic carbocycles. The van der Waals surface area contributed by atoms with E-state index in [2.05, 4.69) is 23.1 Å². The van der Waals surface area contributed by atoms with Crippen LogP contribution in [0.25, 0.3) is 0 Å². The third-order valence-electron chi connectivity index (χ3n) is 2.09. The third kappa shape index (κ3) is 1.74. The Morgan fingerprint density at radius 1 is 1.36 bits per heavy atom. The summed E-state index contributed by atoms with van der Waals surface area (Å²) in [6.45, 7) is 2.05. The van der Waals surface area contributed by atoms with Crippen LogP contribution in [0, 0.1) is 6.92 Å². The van der Waals surface area contributed by atoms with Crippen LogP contribution >= 0.6 is 0 Å². The predicted octanol–water partition coefficient (Wildman–Crippen LogP) is 1.55. The lowest BCUT2D eigenvalue weighted by molar-refractivity contribution is 0.386. The highest BCUT2D eigenvalue weighted by molar-refractivity contribution is 5.28. The number of aryl methyl sites for hydroxylation is 1. The normalized spacial score (nSPS) is 10.4. The molecule has 0 fully saturated rings. The van der Waals surface area contributed by atoms with E-state index in [4.69, 9.17) is 10.3 Å². The topological polar surface area (TPSA) is 64.9 Å². The second kappa shape index (κ2) is 3.49. The molecule has 2 N–H and O–H groups in total. The molecule has 0 amide bonds. The monoisotopic (exact) mass is 189 g/mol. The molecule has 2 rings (SSSR count). The molecule has 0 saturated carbocycles. The number of benzene rings is 1. The molecule has 0 spiro atoms. The maximum Gasteiger partial charge on any atom is 0.260 e. The number of hydrogen-bond acceptors (Lipinski definition) is 4. The van der Waals surface area contributed by atoms with Crippen LogP contribution in [0.2, 0.25) is 0 Å². The van der Waals surface area contributed by atoms with Gasteiger partial charge in [-0.2, -0.15) is 4.98 Å². The van der Waals surface area contributed by atoms with E-state index in [1.54, 1.807) is 0 Å². The van der Waals surface area contributed by atoms with Crippen molar-refractivity contribution in [3.63, 3.8) is 0 Å². The average molecular weight is 189 g/mol. The summed E-state index contributed by atoms with van der Waals surface area (Å²) in [7, 11) is 0. The van der Waals surface area contributed by atoms with Crippen molar-refractivity contribution < 1.29 is 4.52 Å². The van der Waals surface area contributed by atoms with Gasteiger partial charge in [0.15, 0.2) is 0 Å². The van der Waals surface area contributed by atoms with Gasteiger partial charge < -0.3 is 10.3 Å². The molecule has 2 aromatic rings. The number of nitrogens with two attached hydrogens (primary N) is 1. The van der Waals surface area contributed by atoms with Crippen molar-refractivity contribution in [2.24, 2.45) is 0 Å². The Bertz CT molecular complexity index is 436. The molecule has 1 heterocycles. The molecule has 0 aliphatic heterocycles. The Balaban J connectivity index is 2.23. The summed E-state index contributed by atoms with van der Waals surface area (Å²) in [5.74, 6) is 0.741. The van der Waals surface area contributed by atoms with Crippen molar-refractivity contribution in [2.45, 2.75) is 13.3 Å². The van der Waals surface area contributed by atoms with Gasteiger partial charge in [-0.1, -0.05) is 24.3 Å². The van der Waals surface area contributed by atoms with Crippen LogP contribution in [-0.2, 0) is 6.42 Å². The van der Waals surface area contributed by atoms with Crippen LogP contribution in [-0.4, -0.2) is 10.1 Å². The molecular formula is C10H11N3O. The number of anilines is 1. The highest BCUT2D eigenvalue weighted by atomic mass is 16.5. The minimum Gasteiger partial charge on any atom is -0.365 e. The zero-order valence-corrected chi connectivity index (χ0v) is 7.90. The van der Waals surface area contributed by atoms with Gasteiger partial charge in [0.1, 0.15) is 0 Å². The van der Waals surface area contributed by atoms with Gasteiger partial charge in [-0.3, -0.25) is 0 Å². The third-order valence-corrected chi connectivity index (χ3v) is 2.09. The van der Waals surface area contributed by atoms with Crippen LogP contribution in [0.5, 0.6) is 0 Å². The fourth-order valence-corrected chi connectivity index (χ4v) is 1.31. The Labute approximate surface area is 81.7 Å². The SMILES string of the molecule is Cc1ccccc1Cc1nc(N)no1. The van der Waals surface area contributed by atoms with Gasteiger partial charge in [-0.15, -0.1) is 0 Å². The minimum atomic E-state index is 0.189. The Morgan fingerprint density at radius 3 is 2.79 bits per heavy atom. The molecule has 0 unspecified atom stereocenters. The lowest BCUT2D eigenvalue weighted by Crippen LogP contribution is -1.92. The summed E-state index contributed by atoms with van der Waals surface area (Å²) in [5, 5.41) is 3.53. The van der Waals surface area contributed by atoms with Gasteiger partial charge in [-0.25, -0.2) is 0 Å². The maximum absolute atomic E-state index is 5.35. The van der Waals surface area contributed by atoms with Crippen LogP contribution < -0.4 is 5.73 Å². The number of aromatic nitrogens is 2. The summed E-state index contributed by atoms with van der Waals surface area (Å²) >= 11 is 0. The first-order valence-corrected chi connectivity index (χ1v) is 4.38. The number of nitrogen functional groups attached to an aromatic ring is 1. The van der Waals surface area contributed by atoms with Crippen molar-refractivity contribution in [1.82, 2.24) is 10.1 Å². The van der Waals surface area contributed by atoms with Crippen molar-refractivity contribution in [2.75, 3.05) is 5.73 Å². The summed E-state index contributed by atoms with van der Waals surface area (Å²) < 4.78 is 4.94. The van der Waals surface area contributed by atoms with Gasteiger partial charge in [0.05, 0.1) is 6.42 Å². The first kappa shape index (κ1) is 8.74. The largest absolute Gasteiger partial charge is 0.365 e. The average Bonchev–Trinajstić information content (AvgIpc) is 2.56. The van der Waals surface area contributed by atoms with E-state index in [0.29, 0.717) is 12.3 Å². The predicted molar refractivity (Wildman–Crippen MR) is 52.7 cm³/mol. The van der Waals surface area contributed by atoms with E-state index in [9.17, 15) is 0 Å². The van der Waals surface area contributed by atoms with Crippen LogP contribution in [0.1, 0.15) is 17.0 Å². The van der Waals surface area contributed by atoms with E-state index in [1.165, 1.54) is 11.1 Å². The summed E-state index contributed by atoms with van der Waals surface area (Å²) in [4.78, 5) is 3.95. The molecular weight excluding hydrogens is 178 g/mol. The Hall–Kier alpha value is -1.84. The summed E-state index contributed by atoms with van der Waals surface area (Å²) in [6, 6.07) is 8.08. The van der Waals surface area contributed by atoms with Crippen LogP contribution in [0.15, 0.2) is 28.8 Å². The molecule has 0 bridgehead atoms. The molecule has 0 aliphatic carbocycles. The fourth-order valence-electron chi connectivity index (χ4n) is 1.31. The molecule has 4 heteroatoms. The Kier molecular flexibility index (Phi) is 2.18. The summed E-state index contributed by atoms with van der Waals surface area (Å²) in [6.07, 6.45) is 0.636. The van der Waals surface area contributed by atoms with Gasteiger partial charge in [0.2, 0.25) is 5.89 Å². The molecule has 1 aromatic heterocycles. The quantitative estimate of drug-likeness (QED) is 0.778. The van der Waals surface area contributed by atoms with Crippen LogP contribution in [0.3, 0.4) is 0 Å². The lowest BCUT2D eigenvalue weighted by atomic mass is 10.1. The van der Waals surface area contributed by atoms with Crippen LogP contribution in [0.4, 0.5) is 5.95 Å². The second-order valence-electron chi connectivity index (χ2n) is 3.15. The lowest BCUT2D eigenvalue weighted by Gasteiger charge is -2.00. The maximum atomic E-state index is 5.35. The van der Waals surface area contributed by atoms with E-state index < -0.39 is 0 Å². The van der Waals surface area contributed by atoms with Crippen molar-refractivity contribution in [3.05, 3.63) is 41.3 Å². The smallest absolute Gasteiger partial charge is 0.260 e. The highest BCUT2D eigenvalue weighted by Gasteiger charge is 2.05. The molecule has 0 atom stereocenters. The van der Waals surface area contributed by atoms with E-state index in [1.807, 2.05) is 18.2 Å². The summed E-state index contributed by atoms with van der Waals surface area (Å²) in [5.41, 5.74) is 7.74. The van der Waals surface area contributed by atoms with Crippen molar-refractivity contribution >= 4 is 5.95 Å². The second-order valence-corrected chi connectivity index (χ2v) is 3.15. The molecule has 0 aliphatic rings. The first-order valence-electron chi connectivity index (χ1n) is 4.38. The van der Waals surface area contributed by atoms with Gasteiger partial charge in [0, 0.05) is 0 Å². The minimum absolute atomic E-state index is 0.189. The molecule has 0 radical (unpaired) electrons. The van der Waals surface area contributed by atoms with Gasteiger partial charge in [-0.05, 0) is 23.2 Å². The molecule has 72 valence electrons. The Morgan fingerprint density at radius 2 is 2.14 bits per heavy atom. The van der Waals surface area contributed by atoms with E-state index >= 15 is 0 Å². The van der Waals surface area contributed by atoms with Gasteiger partial charge >= 0.3 is 0 Å². The first-order chi connectivity index (χ1) is 6.75. The number of rotatable bonds is 2.